The fourth-order valence-corrected chi connectivity index (χ4v) is 1.20. The second kappa shape index (κ2) is 10.4. The van der Waals surface area contributed by atoms with Gasteiger partial charge in [0.05, 0.1) is 6.61 Å². The van der Waals surface area contributed by atoms with Crippen molar-refractivity contribution in [3.8, 4) is 0 Å². The van der Waals surface area contributed by atoms with Gasteiger partial charge in [-0.15, -0.1) is 24.8 Å². The van der Waals surface area contributed by atoms with Gasteiger partial charge < -0.3 is 5.32 Å². The Bertz CT molecular complexity index is 166. The maximum Gasteiger partial charge on any atom is 0.356 e. The Kier molecular flexibility index (Phi) is 12.1. The largest absolute Gasteiger partial charge is 0.356 e. The van der Waals surface area contributed by atoms with Gasteiger partial charge in [-0.2, -0.15) is 4.89 Å². The highest BCUT2D eigenvalue weighted by Gasteiger charge is 2.14. The van der Waals surface area contributed by atoms with Gasteiger partial charge in [-0.1, -0.05) is 0 Å². The topological polar surface area (TPSA) is 50.8 Å². The third-order valence-corrected chi connectivity index (χ3v) is 1.83. The molecule has 0 amide bonds. The summed E-state index contributed by atoms with van der Waals surface area (Å²) < 4.78 is 0. The van der Waals surface area contributed by atoms with Gasteiger partial charge in [0.1, 0.15) is 6.54 Å². The average Bonchev–Trinajstić information content (AvgIpc) is 2.16. The van der Waals surface area contributed by atoms with E-state index in [0.717, 1.165) is 26.2 Å². The lowest BCUT2D eigenvalue weighted by molar-refractivity contribution is -0.270. The number of carbonyl (C=O) groups excluding carboxylic acids is 1. The zero-order valence-electron chi connectivity index (χ0n) is 8.73. The van der Waals surface area contributed by atoms with Gasteiger partial charge in [0.2, 0.25) is 0 Å². The lowest BCUT2D eigenvalue weighted by Gasteiger charge is -2.25. The number of nitrogens with one attached hydrogen (secondary N) is 1. The van der Waals surface area contributed by atoms with Crippen molar-refractivity contribution in [1.82, 2.24) is 10.2 Å². The molecule has 1 aliphatic heterocycles. The number of halogens is 2. The Labute approximate surface area is 102 Å². The van der Waals surface area contributed by atoms with Gasteiger partial charge in [0.25, 0.3) is 0 Å². The second-order valence-corrected chi connectivity index (χ2v) is 2.89. The van der Waals surface area contributed by atoms with Crippen molar-refractivity contribution in [3.63, 3.8) is 0 Å². The molecule has 1 aliphatic rings. The second-order valence-electron chi connectivity index (χ2n) is 2.89. The van der Waals surface area contributed by atoms with Gasteiger partial charge in [-0.25, -0.2) is 4.79 Å². The Morgan fingerprint density at radius 3 is 2.47 bits per heavy atom. The maximum absolute atomic E-state index is 11.1. The zero-order chi connectivity index (χ0) is 9.52. The summed E-state index contributed by atoms with van der Waals surface area (Å²) in [5, 5.41) is 3.21. The van der Waals surface area contributed by atoms with Crippen molar-refractivity contribution in [2.24, 2.45) is 0 Å². The summed E-state index contributed by atoms with van der Waals surface area (Å²) in [5.41, 5.74) is 0. The third kappa shape index (κ3) is 7.81. The van der Waals surface area contributed by atoms with Crippen LogP contribution in [0, 0.1) is 0 Å². The Morgan fingerprint density at radius 1 is 1.33 bits per heavy atom. The standard InChI is InChI=1S/C8H16N2O3.2ClH/c1-2-12-13-8(11)7-10-5-3-9-4-6-10;;/h9H,2-7H2,1H3;2*1H. The van der Waals surface area contributed by atoms with E-state index in [2.05, 4.69) is 15.1 Å². The van der Waals surface area contributed by atoms with E-state index in [0.29, 0.717) is 13.2 Å². The molecule has 5 nitrogen and oxygen atoms in total. The lowest BCUT2D eigenvalue weighted by Crippen LogP contribution is -2.45. The predicted octanol–water partition coefficient (Wildman–Crippen LogP) is 0.230. The number of nitrogens with zero attached hydrogens (tertiary/aromatic N) is 1. The van der Waals surface area contributed by atoms with E-state index in [-0.39, 0.29) is 30.8 Å². The van der Waals surface area contributed by atoms with E-state index in [1.807, 2.05) is 4.90 Å². The molecular weight excluding hydrogens is 243 g/mol. The number of hydrogen-bond acceptors (Lipinski definition) is 5. The summed E-state index contributed by atoms with van der Waals surface area (Å²) in [5.74, 6) is -0.316. The highest BCUT2D eigenvalue weighted by Crippen LogP contribution is 1.93. The average molecular weight is 261 g/mol. The molecule has 92 valence electrons. The van der Waals surface area contributed by atoms with Crippen LogP contribution in [0.25, 0.3) is 0 Å². The fraction of sp³-hybridized carbons (Fsp3) is 0.875. The number of hydrogen-bond donors (Lipinski definition) is 1. The zero-order valence-corrected chi connectivity index (χ0v) is 10.4. The summed E-state index contributed by atoms with van der Waals surface area (Å²) in [4.78, 5) is 22.1. The fourth-order valence-electron chi connectivity index (χ4n) is 1.20. The normalized spacial score (nSPS) is 16.1. The molecule has 1 rings (SSSR count). The summed E-state index contributed by atoms with van der Waals surface area (Å²) in [6.45, 7) is 6.14. The van der Waals surface area contributed by atoms with Crippen molar-refractivity contribution in [2.45, 2.75) is 6.92 Å². The molecule has 0 radical (unpaired) electrons. The molecule has 0 bridgehead atoms. The molecule has 1 fully saturated rings. The first kappa shape index (κ1) is 17.3. The Balaban J connectivity index is 0. The molecule has 1 N–H and O–H groups in total. The van der Waals surface area contributed by atoms with Crippen molar-refractivity contribution in [2.75, 3.05) is 39.3 Å². The van der Waals surface area contributed by atoms with Gasteiger partial charge in [0, 0.05) is 26.2 Å². The van der Waals surface area contributed by atoms with Crippen LogP contribution in [0.1, 0.15) is 6.92 Å². The molecule has 0 aliphatic carbocycles. The molecule has 15 heavy (non-hydrogen) atoms. The number of piperazine rings is 1. The molecule has 0 unspecified atom stereocenters. The van der Waals surface area contributed by atoms with Gasteiger partial charge >= 0.3 is 5.97 Å². The molecule has 1 heterocycles. The van der Waals surface area contributed by atoms with Crippen molar-refractivity contribution < 1.29 is 14.6 Å². The first-order valence-electron chi connectivity index (χ1n) is 4.58. The van der Waals surface area contributed by atoms with Crippen LogP contribution in [0.3, 0.4) is 0 Å². The molecule has 0 aromatic carbocycles. The first-order chi connectivity index (χ1) is 6.33. The van der Waals surface area contributed by atoms with E-state index in [1.165, 1.54) is 0 Å². The van der Waals surface area contributed by atoms with Crippen molar-refractivity contribution in [1.29, 1.82) is 0 Å². The van der Waals surface area contributed by atoms with Crippen LogP contribution < -0.4 is 5.32 Å². The molecule has 0 aromatic heterocycles. The summed E-state index contributed by atoms with van der Waals surface area (Å²) >= 11 is 0. The van der Waals surface area contributed by atoms with E-state index in [1.54, 1.807) is 6.92 Å². The molecule has 0 aromatic rings. The van der Waals surface area contributed by atoms with Crippen LogP contribution in [0.5, 0.6) is 0 Å². The highest BCUT2D eigenvalue weighted by atomic mass is 35.5. The Morgan fingerprint density at radius 2 is 1.93 bits per heavy atom. The van der Waals surface area contributed by atoms with E-state index < -0.39 is 0 Å². The van der Waals surface area contributed by atoms with Gasteiger partial charge in [-0.3, -0.25) is 9.79 Å². The van der Waals surface area contributed by atoms with Crippen LogP contribution in [0.15, 0.2) is 0 Å². The van der Waals surface area contributed by atoms with Crippen LogP contribution >= 0.6 is 24.8 Å². The molecule has 0 atom stereocenters. The Hall–Kier alpha value is -0.0700. The molecular formula is C8H18Cl2N2O3. The number of carbonyl (C=O) groups is 1. The minimum absolute atomic E-state index is 0. The maximum atomic E-state index is 11.1. The quantitative estimate of drug-likeness (QED) is 0.580. The molecule has 1 saturated heterocycles. The smallest absolute Gasteiger partial charge is 0.314 e. The minimum Gasteiger partial charge on any atom is -0.314 e. The first-order valence-corrected chi connectivity index (χ1v) is 4.58. The predicted molar refractivity (Wildman–Crippen MR) is 61.5 cm³/mol. The van der Waals surface area contributed by atoms with Gasteiger partial charge in [0.15, 0.2) is 0 Å². The van der Waals surface area contributed by atoms with Crippen LogP contribution in [-0.2, 0) is 14.6 Å². The van der Waals surface area contributed by atoms with E-state index >= 15 is 0 Å². The minimum atomic E-state index is -0.316. The monoisotopic (exact) mass is 260 g/mol. The highest BCUT2D eigenvalue weighted by molar-refractivity contribution is 5.85. The third-order valence-electron chi connectivity index (χ3n) is 1.83. The number of rotatable bonds is 4. The summed E-state index contributed by atoms with van der Waals surface area (Å²) in [6, 6.07) is 0. The summed E-state index contributed by atoms with van der Waals surface area (Å²) in [6.07, 6.45) is 0. The molecule has 0 saturated carbocycles. The van der Waals surface area contributed by atoms with Crippen LogP contribution in [-0.4, -0.2) is 50.2 Å². The molecule has 7 heteroatoms. The molecule has 0 spiro atoms. The van der Waals surface area contributed by atoms with Crippen LogP contribution in [0.4, 0.5) is 0 Å². The SMILES string of the molecule is CCOOC(=O)CN1CCNCC1.Cl.Cl. The van der Waals surface area contributed by atoms with Crippen molar-refractivity contribution >= 4 is 30.8 Å². The lowest BCUT2D eigenvalue weighted by atomic mass is 10.3. The van der Waals surface area contributed by atoms with Crippen molar-refractivity contribution in [3.05, 3.63) is 0 Å². The van der Waals surface area contributed by atoms with Gasteiger partial charge in [-0.05, 0) is 6.92 Å². The van der Waals surface area contributed by atoms with E-state index in [4.69, 9.17) is 0 Å². The van der Waals surface area contributed by atoms with Crippen LogP contribution in [0.2, 0.25) is 0 Å². The van der Waals surface area contributed by atoms with E-state index in [9.17, 15) is 4.79 Å². The summed E-state index contributed by atoms with van der Waals surface area (Å²) in [7, 11) is 0.